The molecule has 2 nitrogen and oxygen atoms in total. The monoisotopic (exact) mass is 178 g/mol. The average molecular weight is 178 g/mol. The first-order valence-corrected chi connectivity index (χ1v) is 4.38. The number of phenols is 1. The maximum absolute atomic E-state index is 10.2. The molecule has 0 radical (unpaired) electrons. The van der Waals surface area contributed by atoms with E-state index in [-0.39, 0.29) is 0 Å². The van der Waals surface area contributed by atoms with Crippen LogP contribution in [0.5, 0.6) is 5.75 Å². The van der Waals surface area contributed by atoms with E-state index in [4.69, 9.17) is 0 Å². The molecule has 1 aromatic rings. The molecular formula is C11H14O2. The van der Waals surface area contributed by atoms with E-state index in [1.807, 2.05) is 19.9 Å². The van der Waals surface area contributed by atoms with Crippen molar-refractivity contribution in [3.63, 3.8) is 0 Å². The molecule has 1 rings (SSSR count). The van der Waals surface area contributed by atoms with E-state index in [9.17, 15) is 9.90 Å². The van der Waals surface area contributed by atoms with Crippen molar-refractivity contribution < 1.29 is 9.90 Å². The number of rotatable bonds is 3. The fourth-order valence-corrected chi connectivity index (χ4v) is 1.35. The molecule has 2 heteroatoms. The quantitative estimate of drug-likeness (QED) is 0.720. The van der Waals surface area contributed by atoms with Gasteiger partial charge in [-0.1, -0.05) is 6.07 Å². The molecular weight excluding hydrogens is 164 g/mol. The molecule has 1 N–H and O–H groups in total. The van der Waals surface area contributed by atoms with Crippen LogP contribution in [0.1, 0.15) is 23.1 Å². The molecule has 0 aliphatic heterocycles. The van der Waals surface area contributed by atoms with E-state index in [1.54, 1.807) is 6.07 Å². The van der Waals surface area contributed by atoms with Crippen LogP contribution >= 0.6 is 0 Å². The summed E-state index contributed by atoms with van der Waals surface area (Å²) in [6.45, 7) is 3.85. The van der Waals surface area contributed by atoms with Gasteiger partial charge in [0.05, 0.1) is 0 Å². The summed E-state index contributed by atoms with van der Waals surface area (Å²) in [6.07, 6.45) is 2.23. The van der Waals surface area contributed by atoms with Gasteiger partial charge in [-0.25, -0.2) is 0 Å². The third-order valence-corrected chi connectivity index (χ3v) is 2.40. The Bertz CT molecular complexity index is 316. The number of phenolic OH excluding ortho intramolecular Hbond substituents is 1. The summed E-state index contributed by atoms with van der Waals surface area (Å²) >= 11 is 0. The van der Waals surface area contributed by atoms with Gasteiger partial charge < -0.3 is 9.90 Å². The number of carbonyl (C=O) groups excluding carboxylic acids is 1. The second-order valence-corrected chi connectivity index (χ2v) is 3.20. The lowest BCUT2D eigenvalue weighted by Crippen LogP contribution is -1.93. The van der Waals surface area contributed by atoms with Gasteiger partial charge >= 0.3 is 0 Å². The third kappa shape index (κ3) is 2.08. The molecule has 0 spiro atoms. The van der Waals surface area contributed by atoms with E-state index < -0.39 is 0 Å². The number of aryl methyl sites for hydroxylation is 1. The SMILES string of the molecule is Cc1c(O)ccc(CCC=O)c1C. The maximum Gasteiger partial charge on any atom is 0.120 e. The highest BCUT2D eigenvalue weighted by molar-refractivity contribution is 5.51. The van der Waals surface area contributed by atoms with Crippen LogP contribution in [-0.4, -0.2) is 11.4 Å². The van der Waals surface area contributed by atoms with Crippen molar-refractivity contribution in [2.45, 2.75) is 26.7 Å². The number of carbonyl (C=O) groups is 1. The standard InChI is InChI=1S/C11H14O2/c1-8-9(2)11(13)6-5-10(8)4-3-7-12/h5-7,13H,3-4H2,1-2H3. The van der Waals surface area contributed by atoms with Crippen LogP contribution in [0, 0.1) is 13.8 Å². The second kappa shape index (κ2) is 4.08. The third-order valence-electron chi connectivity index (χ3n) is 2.40. The van der Waals surface area contributed by atoms with Gasteiger partial charge in [-0.15, -0.1) is 0 Å². The average Bonchev–Trinajstić information content (AvgIpc) is 2.13. The molecule has 0 aliphatic rings. The molecule has 70 valence electrons. The predicted molar refractivity (Wildman–Crippen MR) is 52.0 cm³/mol. The molecule has 0 atom stereocenters. The molecule has 0 aromatic heterocycles. The lowest BCUT2D eigenvalue weighted by Gasteiger charge is -2.08. The molecule has 13 heavy (non-hydrogen) atoms. The van der Waals surface area contributed by atoms with Crippen molar-refractivity contribution in [1.29, 1.82) is 0 Å². The van der Waals surface area contributed by atoms with E-state index in [2.05, 4.69) is 0 Å². The zero-order valence-corrected chi connectivity index (χ0v) is 8.00. The van der Waals surface area contributed by atoms with Crippen LogP contribution in [-0.2, 0) is 11.2 Å². The van der Waals surface area contributed by atoms with Gasteiger partial charge in [-0.05, 0) is 43.0 Å². The van der Waals surface area contributed by atoms with Gasteiger partial charge in [-0.2, -0.15) is 0 Å². The zero-order valence-electron chi connectivity index (χ0n) is 8.00. The molecule has 0 aliphatic carbocycles. The lowest BCUT2D eigenvalue weighted by molar-refractivity contribution is -0.107. The fourth-order valence-electron chi connectivity index (χ4n) is 1.35. The fraction of sp³-hybridized carbons (Fsp3) is 0.364. The van der Waals surface area contributed by atoms with Gasteiger partial charge in [0.25, 0.3) is 0 Å². The smallest absolute Gasteiger partial charge is 0.120 e. The Kier molecular flexibility index (Phi) is 3.07. The number of hydrogen-bond donors (Lipinski definition) is 1. The molecule has 0 saturated heterocycles. The normalized spacial score (nSPS) is 10.0. The molecule has 0 fully saturated rings. The van der Waals surface area contributed by atoms with E-state index in [0.717, 1.165) is 29.4 Å². The molecule has 0 heterocycles. The van der Waals surface area contributed by atoms with Crippen molar-refractivity contribution >= 4 is 6.29 Å². The number of benzene rings is 1. The highest BCUT2D eigenvalue weighted by Crippen LogP contribution is 2.23. The molecule has 0 amide bonds. The van der Waals surface area contributed by atoms with Crippen LogP contribution in [0.25, 0.3) is 0 Å². The Hall–Kier alpha value is -1.31. The highest BCUT2D eigenvalue weighted by Gasteiger charge is 2.04. The summed E-state index contributed by atoms with van der Waals surface area (Å²) in [5, 5.41) is 9.38. The lowest BCUT2D eigenvalue weighted by atomic mass is 9.99. The van der Waals surface area contributed by atoms with Crippen LogP contribution in [0.3, 0.4) is 0 Å². The van der Waals surface area contributed by atoms with Crippen molar-refractivity contribution in [3.05, 3.63) is 28.8 Å². The van der Waals surface area contributed by atoms with Crippen molar-refractivity contribution in [2.24, 2.45) is 0 Å². The maximum atomic E-state index is 10.2. The van der Waals surface area contributed by atoms with Crippen LogP contribution in [0.15, 0.2) is 12.1 Å². The summed E-state index contributed by atoms with van der Waals surface area (Å²) in [6, 6.07) is 3.56. The first kappa shape index (κ1) is 9.78. The first-order valence-electron chi connectivity index (χ1n) is 4.38. The van der Waals surface area contributed by atoms with E-state index in [0.29, 0.717) is 12.2 Å². The first-order chi connectivity index (χ1) is 6.16. The summed E-state index contributed by atoms with van der Waals surface area (Å²) in [7, 11) is 0. The number of aldehydes is 1. The second-order valence-electron chi connectivity index (χ2n) is 3.20. The van der Waals surface area contributed by atoms with Crippen LogP contribution in [0.2, 0.25) is 0 Å². The Morgan fingerprint density at radius 3 is 2.62 bits per heavy atom. The Balaban J connectivity index is 2.96. The molecule has 0 unspecified atom stereocenters. The zero-order chi connectivity index (χ0) is 9.84. The van der Waals surface area contributed by atoms with Gasteiger partial charge in [0, 0.05) is 6.42 Å². The van der Waals surface area contributed by atoms with Gasteiger partial charge in [0.1, 0.15) is 12.0 Å². The summed E-state index contributed by atoms with van der Waals surface area (Å²) in [4.78, 5) is 10.2. The molecule has 1 aromatic carbocycles. The van der Waals surface area contributed by atoms with Gasteiger partial charge in [0.15, 0.2) is 0 Å². The predicted octanol–water partition coefficient (Wildman–Crippen LogP) is 2.14. The van der Waals surface area contributed by atoms with Crippen molar-refractivity contribution in [1.82, 2.24) is 0 Å². The van der Waals surface area contributed by atoms with E-state index >= 15 is 0 Å². The minimum Gasteiger partial charge on any atom is -0.508 e. The van der Waals surface area contributed by atoms with Crippen molar-refractivity contribution in [3.8, 4) is 5.75 Å². The molecule has 0 saturated carbocycles. The Morgan fingerprint density at radius 2 is 2.00 bits per heavy atom. The number of hydrogen-bond acceptors (Lipinski definition) is 2. The van der Waals surface area contributed by atoms with Gasteiger partial charge in [0.2, 0.25) is 0 Å². The van der Waals surface area contributed by atoms with Crippen molar-refractivity contribution in [2.75, 3.05) is 0 Å². The highest BCUT2D eigenvalue weighted by atomic mass is 16.3. The Labute approximate surface area is 78.2 Å². The summed E-state index contributed by atoms with van der Waals surface area (Å²) in [5.74, 6) is 0.326. The van der Waals surface area contributed by atoms with Crippen LogP contribution < -0.4 is 0 Å². The van der Waals surface area contributed by atoms with Gasteiger partial charge in [-0.3, -0.25) is 0 Å². The minimum absolute atomic E-state index is 0.326. The van der Waals surface area contributed by atoms with E-state index in [1.165, 1.54) is 0 Å². The van der Waals surface area contributed by atoms with Crippen LogP contribution in [0.4, 0.5) is 0 Å². The molecule has 0 bridgehead atoms. The topological polar surface area (TPSA) is 37.3 Å². The number of aromatic hydroxyl groups is 1. The summed E-state index contributed by atoms with van der Waals surface area (Å²) in [5.41, 5.74) is 3.13. The Morgan fingerprint density at radius 1 is 1.31 bits per heavy atom. The summed E-state index contributed by atoms with van der Waals surface area (Å²) < 4.78 is 0. The largest absolute Gasteiger partial charge is 0.508 e. The minimum atomic E-state index is 0.326.